The summed E-state index contributed by atoms with van der Waals surface area (Å²) in [4.78, 5) is 12.7. The third kappa shape index (κ3) is 4.19. The Morgan fingerprint density at radius 3 is 2.78 bits per heavy atom. The van der Waals surface area contributed by atoms with Gasteiger partial charge in [-0.15, -0.1) is 0 Å². The van der Waals surface area contributed by atoms with Gasteiger partial charge in [0.15, 0.2) is 5.76 Å². The van der Waals surface area contributed by atoms with E-state index in [9.17, 15) is 4.79 Å². The first kappa shape index (κ1) is 18.1. The minimum atomic E-state index is -0.167. The summed E-state index contributed by atoms with van der Waals surface area (Å²) in [5.74, 6) is 1.62. The van der Waals surface area contributed by atoms with E-state index in [4.69, 9.17) is 13.9 Å². The molecule has 1 amide bonds. The van der Waals surface area contributed by atoms with Gasteiger partial charge in [-0.05, 0) is 44.4 Å². The summed E-state index contributed by atoms with van der Waals surface area (Å²) in [5.41, 5.74) is 0.814. The zero-order valence-corrected chi connectivity index (χ0v) is 15.8. The number of hydrogen-bond acceptors (Lipinski definition) is 4. The first-order valence-corrected chi connectivity index (χ1v) is 9.86. The minimum absolute atomic E-state index is 0.0108. The van der Waals surface area contributed by atoms with Gasteiger partial charge in [-0.1, -0.05) is 37.5 Å². The second-order valence-electron chi connectivity index (χ2n) is 7.76. The van der Waals surface area contributed by atoms with Crippen molar-refractivity contribution in [2.24, 2.45) is 0 Å². The monoisotopic (exact) mass is 369 g/mol. The Labute approximate surface area is 160 Å². The predicted molar refractivity (Wildman–Crippen MR) is 102 cm³/mol. The highest BCUT2D eigenvalue weighted by Crippen LogP contribution is 2.39. The van der Waals surface area contributed by atoms with E-state index in [1.807, 2.05) is 43.3 Å². The van der Waals surface area contributed by atoms with Crippen molar-refractivity contribution in [2.75, 3.05) is 6.61 Å². The number of nitrogens with one attached hydrogen (secondary N) is 1. The molecule has 2 aromatic rings. The molecule has 1 aromatic heterocycles. The lowest BCUT2D eigenvalue weighted by atomic mass is 9.82. The summed E-state index contributed by atoms with van der Waals surface area (Å²) in [6, 6.07) is 11.5. The standard InChI is InChI=1S/C22H27NO4/c1-16-12-19(15-25-18-8-4-2-5-9-18)27-20(16)21(24)23-17-13-22(26-14-17)10-6-3-7-11-22/h2,4-5,8-9,12,17H,3,6-7,10-11,13-15H2,1H3,(H,23,24)/t17-/m0/s1. The summed E-state index contributed by atoms with van der Waals surface area (Å²) in [7, 11) is 0. The van der Waals surface area contributed by atoms with Crippen LogP contribution in [0, 0.1) is 6.92 Å². The Bertz CT molecular complexity index is 777. The summed E-state index contributed by atoms with van der Waals surface area (Å²) < 4.78 is 17.6. The van der Waals surface area contributed by atoms with E-state index in [1.54, 1.807) is 0 Å². The van der Waals surface area contributed by atoms with Crippen LogP contribution in [0.4, 0.5) is 0 Å². The molecular weight excluding hydrogens is 342 g/mol. The Kier molecular flexibility index (Phi) is 5.21. The van der Waals surface area contributed by atoms with Gasteiger partial charge in [0.2, 0.25) is 0 Å². The van der Waals surface area contributed by atoms with Gasteiger partial charge in [-0.3, -0.25) is 4.79 Å². The topological polar surface area (TPSA) is 60.7 Å². The number of hydrogen-bond donors (Lipinski definition) is 1. The fourth-order valence-corrected chi connectivity index (χ4v) is 4.25. The molecule has 4 rings (SSSR count). The quantitative estimate of drug-likeness (QED) is 0.849. The molecule has 2 fully saturated rings. The Balaban J connectivity index is 1.34. The van der Waals surface area contributed by atoms with Gasteiger partial charge in [0.25, 0.3) is 5.91 Å². The number of amides is 1. The lowest BCUT2D eigenvalue weighted by molar-refractivity contribution is -0.0246. The van der Waals surface area contributed by atoms with Crippen molar-refractivity contribution in [3.05, 3.63) is 53.5 Å². The minimum Gasteiger partial charge on any atom is -0.486 e. The van der Waals surface area contributed by atoms with E-state index in [2.05, 4.69) is 5.32 Å². The zero-order chi connectivity index (χ0) is 18.7. The van der Waals surface area contributed by atoms with Crippen molar-refractivity contribution >= 4 is 5.91 Å². The third-order valence-electron chi connectivity index (χ3n) is 5.61. The molecule has 5 heteroatoms. The number of aryl methyl sites for hydroxylation is 1. The fraction of sp³-hybridized carbons (Fsp3) is 0.500. The summed E-state index contributed by atoms with van der Waals surface area (Å²) in [6.07, 6.45) is 6.87. The maximum Gasteiger partial charge on any atom is 0.287 e. The van der Waals surface area contributed by atoms with E-state index >= 15 is 0 Å². The van der Waals surface area contributed by atoms with Crippen LogP contribution in [0.5, 0.6) is 5.75 Å². The van der Waals surface area contributed by atoms with Crippen LogP contribution in [0.25, 0.3) is 0 Å². The molecule has 1 saturated carbocycles. The third-order valence-corrected chi connectivity index (χ3v) is 5.61. The number of para-hydroxylation sites is 1. The van der Waals surface area contributed by atoms with Crippen molar-refractivity contribution in [2.45, 2.75) is 63.7 Å². The second kappa shape index (κ2) is 7.77. The highest BCUT2D eigenvalue weighted by atomic mass is 16.5. The molecule has 5 nitrogen and oxygen atoms in total. The molecule has 1 spiro atoms. The maximum absolute atomic E-state index is 12.7. The van der Waals surface area contributed by atoms with Gasteiger partial charge in [0.05, 0.1) is 18.2 Å². The maximum atomic E-state index is 12.7. The van der Waals surface area contributed by atoms with Crippen LogP contribution < -0.4 is 10.1 Å². The molecule has 0 unspecified atom stereocenters. The molecule has 1 aliphatic heterocycles. The fourth-order valence-electron chi connectivity index (χ4n) is 4.25. The highest BCUT2D eigenvalue weighted by molar-refractivity contribution is 5.93. The first-order valence-electron chi connectivity index (χ1n) is 9.86. The molecule has 27 heavy (non-hydrogen) atoms. The van der Waals surface area contributed by atoms with Crippen molar-refractivity contribution in [3.63, 3.8) is 0 Å². The summed E-state index contributed by atoms with van der Waals surface area (Å²) >= 11 is 0. The first-order chi connectivity index (χ1) is 13.1. The van der Waals surface area contributed by atoms with Crippen molar-refractivity contribution < 1.29 is 18.7 Å². The Morgan fingerprint density at radius 1 is 1.22 bits per heavy atom. The van der Waals surface area contributed by atoms with Gasteiger partial charge in [-0.25, -0.2) is 0 Å². The molecule has 0 radical (unpaired) electrons. The van der Waals surface area contributed by atoms with Gasteiger partial charge in [-0.2, -0.15) is 0 Å². The average molecular weight is 369 g/mol. The lowest BCUT2D eigenvalue weighted by Crippen LogP contribution is -2.37. The van der Waals surface area contributed by atoms with Gasteiger partial charge in [0.1, 0.15) is 18.1 Å². The van der Waals surface area contributed by atoms with E-state index in [0.717, 1.165) is 30.6 Å². The molecule has 1 N–H and O–H groups in total. The van der Waals surface area contributed by atoms with E-state index < -0.39 is 0 Å². The number of carbonyl (C=O) groups excluding carboxylic acids is 1. The number of furan rings is 1. The summed E-state index contributed by atoms with van der Waals surface area (Å²) in [5, 5.41) is 3.10. The van der Waals surface area contributed by atoms with Crippen LogP contribution in [-0.2, 0) is 11.3 Å². The van der Waals surface area contributed by atoms with Crippen molar-refractivity contribution in [1.82, 2.24) is 5.32 Å². The SMILES string of the molecule is Cc1cc(COc2ccccc2)oc1C(=O)N[C@@H]1COC2(CCCCC2)C1. The van der Waals surface area contributed by atoms with Crippen molar-refractivity contribution in [1.29, 1.82) is 0 Å². The van der Waals surface area contributed by atoms with E-state index in [1.165, 1.54) is 19.3 Å². The molecule has 1 aliphatic carbocycles. The molecule has 2 aliphatic rings. The molecule has 1 atom stereocenters. The van der Waals surface area contributed by atoms with E-state index in [0.29, 0.717) is 24.7 Å². The van der Waals surface area contributed by atoms with E-state index in [-0.39, 0.29) is 17.6 Å². The molecule has 144 valence electrons. The zero-order valence-electron chi connectivity index (χ0n) is 15.8. The van der Waals surface area contributed by atoms with Crippen LogP contribution in [0.1, 0.15) is 60.4 Å². The molecule has 2 heterocycles. The number of rotatable bonds is 5. The second-order valence-corrected chi connectivity index (χ2v) is 7.76. The predicted octanol–water partition coefficient (Wildman–Crippen LogP) is 4.39. The number of benzene rings is 1. The normalized spacial score (nSPS) is 21.3. The number of ether oxygens (including phenoxy) is 2. The Morgan fingerprint density at radius 2 is 2.00 bits per heavy atom. The van der Waals surface area contributed by atoms with Crippen molar-refractivity contribution in [3.8, 4) is 5.75 Å². The number of carbonyl (C=O) groups is 1. The largest absolute Gasteiger partial charge is 0.486 e. The average Bonchev–Trinajstić information content (AvgIpc) is 3.25. The smallest absolute Gasteiger partial charge is 0.287 e. The van der Waals surface area contributed by atoms with Crippen LogP contribution in [0.15, 0.2) is 40.8 Å². The molecule has 0 bridgehead atoms. The summed E-state index contributed by atoms with van der Waals surface area (Å²) in [6.45, 7) is 2.78. The van der Waals surface area contributed by atoms with Crippen LogP contribution in [0.3, 0.4) is 0 Å². The molecular formula is C22H27NO4. The van der Waals surface area contributed by atoms with Gasteiger partial charge >= 0.3 is 0 Å². The van der Waals surface area contributed by atoms with Gasteiger partial charge < -0.3 is 19.2 Å². The Hall–Kier alpha value is -2.27. The van der Waals surface area contributed by atoms with Crippen LogP contribution in [0.2, 0.25) is 0 Å². The molecule has 1 saturated heterocycles. The van der Waals surface area contributed by atoms with Gasteiger partial charge in [0, 0.05) is 5.56 Å². The molecule has 1 aromatic carbocycles. The highest BCUT2D eigenvalue weighted by Gasteiger charge is 2.41. The van der Waals surface area contributed by atoms with Crippen LogP contribution in [-0.4, -0.2) is 24.2 Å². The van der Waals surface area contributed by atoms with Crippen LogP contribution >= 0.6 is 0 Å². The lowest BCUT2D eigenvalue weighted by Gasteiger charge is -2.32.